The molecule has 1 heteroatoms. The van der Waals surface area contributed by atoms with Crippen molar-refractivity contribution in [2.45, 2.75) is 25.3 Å². The van der Waals surface area contributed by atoms with Crippen LogP contribution in [0.4, 0.5) is 0 Å². The summed E-state index contributed by atoms with van der Waals surface area (Å²) in [7, 11) is 0. The molecule has 1 aliphatic heterocycles. The number of allylic oxidation sites excluding steroid dienone is 3. The number of aromatic nitrogens is 1. The van der Waals surface area contributed by atoms with Gasteiger partial charge in [-0.25, -0.2) is 0 Å². The molecule has 1 aliphatic carbocycles. The zero-order chi connectivity index (χ0) is 10.6. The molecule has 1 nitrogen and oxygen atoms in total. The van der Waals surface area contributed by atoms with E-state index in [-0.39, 0.29) is 5.41 Å². The first kappa shape index (κ1) is 8.78. The molecule has 0 amide bonds. The molecule has 0 saturated heterocycles. The molecule has 0 fully saturated rings. The van der Waals surface area contributed by atoms with Gasteiger partial charge in [-0.1, -0.05) is 25.3 Å². The summed E-state index contributed by atoms with van der Waals surface area (Å²) in [5.74, 6) is 0. The molecule has 2 heterocycles. The maximum Gasteiger partial charge on any atom is 0.0470 e. The first-order valence-electron chi connectivity index (χ1n) is 5.36. The summed E-state index contributed by atoms with van der Waals surface area (Å²) in [4.78, 5) is 0. The zero-order valence-electron chi connectivity index (χ0n) is 9.09. The Labute approximate surface area is 90.4 Å². The molecule has 0 spiro atoms. The molecular weight excluding hydrogens is 182 g/mol. The lowest BCUT2D eigenvalue weighted by Gasteiger charge is -2.40. The van der Waals surface area contributed by atoms with Crippen molar-refractivity contribution < 1.29 is 0 Å². The molecule has 0 bridgehead atoms. The van der Waals surface area contributed by atoms with Crippen LogP contribution in [0.2, 0.25) is 0 Å². The molecule has 76 valence electrons. The Morgan fingerprint density at radius 1 is 1.40 bits per heavy atom. The summed E-state index contributed by atoms with van der Waals surface area (Å²) in [6.07, 6.45) is 7.67. The minimum absolute atomic E-state index is 0.0723. The largest absolute Gasteiger partial charge is 0.346 e. The zero-order valence-corrected chi connectivity index (χ0v) is 9.09. The van der Waals surface area contributed by atoms with Crippen LogP contribution in [0.1, 0.15) is 24.6 Å². The van der Waals surface area contributed by atoms with E-state index >= 15 is 0 Å². The van der Waals surface area contributed by atoms with Gasteiger partial charge in [0.2, 0.25) is 0 Å². The predicted octanol–water partition coefficient (Wildman–Crippen LogP) is 3.29. The number of hydrogen-bond donors (Lipinski definition) is 0. The molecule has 0 radical (unpaired) electrons. The van der Waals surface area contributed by atoms with Gasteiger partial charge in [-0.3, -0.25) is 0 Å². The lowest BCUT2D eigenvalue weighted by atomic mass is 9.69. The van der Waals surface area contributed by atoms with E-state index in [2.05, 4.69) is 49.1 Å². The Morgan fingerprint density at radius 2 is 2.20 bits per heavy atom. The van der Waals surface area contributed by atoms with E-state index in [1.54, 1.807) is 0 Å². The topological polar surface area (TPSA) is 4.93 Å². The van der Waals surface area contributed by atoms with Crippen LogP contribution in [0.25, 0.3) is 6.08 Å². The van der Waals surface area contributed by atoms with Crippen molar-refractivity contribution >= 4 is 6.08 Å². The van der Waals surface area contributed by atoms with Crippen molar-refractivity contribution in [1.82, 2.24) is 4.57 Å². The van der Waals surface area contributed by atoms with Gasteiger partial charge < -0.3 is 4.57 Å². The van der Waals surface area contributed by atoms with E-state index < -0.39 is 0 Å². The molecule has 1 atom stereocenters. The summed E-state index contributed by atoms with van der Waals surface area (Å²) in [6, 6.07) is 2.19. The van der Waals surface area contributed by atoms with Gasteiger partial charge in [-0.05, 0) is 36.1 Å². The monoisotopic (exact) mass is 197 g/mol. The Bertz CT molecular complexity index is 501. The molecule has 0 aromatic carbocycles. The quantitative estimate of drug-likeness (QED) is 0.601. The third-order valence-corrected chi connectivity index (χ3v) is 3.79. The minimum atomic E-state index is 0.0723. The van der Waals surface area contributed by atoms with Crippen molar-refractivity contribution in [2.75, 3.05) is 0 Å². The summed E-state index contributed by atoms with van der Waals surface area (Å²) < 4.78 is 2.32. The Morgan fingerprint density at radius 3 is 3.00 bits per heavy atom. The van der Waals surface area contributed by atoms with Crippen LogP contribution in [0, 0.1) is 0 Å². The lowest BCUT2D eigenvalue weighted by molar-refractivity contribution is 0.481. The van der Waals surface area contributed by atoms with Gasteiger partial charge in [-0.15, -0.1) is 0 Å². The van der Waals surface area contributed by atoms with Crippen LogP contribution in [0.5, 0.6) is 0 Å². The van der Waals surface area contributed by atoms with Crippen LogP contribution < -0.4 is 0 Å². The normalized spacial score (nSPS) is 28.1. The van der Waals surface area contributed by atoms with E-state index in [0.717, 1.165) is 13.0 Å². The van der Waals surface area contributed by atoms with E-state index in [4.69, 9.17) is 0 Å². The Hall–Kier alpha value is -1.50. The van der Waals surface area contributed by atoms with Crippen LogP contribution >= 0.6 is 0 Å². The highest BCUT2D eigenvalue weighted by Crippen LogP contribution is 2.46. The van der Waals surface area contributed by atoms with Gasteiger partial charge in [0.15, 0.2) is 0 Å². The fraction of sp³-hybridized carbons (Fsp3) is 0.286. The van der Waals surface area contributed by atoms with Gasteiger partial charge in [0.25, 0.3) is 0 Å². The highest BCUT2D eigenvalue weighted by atomic mass is 15.0. The fourth-order valence-electron chi connectivity index (χ4n) is 2.87. The smallest absolute Gasteiger partial charge is 0.0470 e. The van der Waals surface area contributed by atoms with Crippen molar-refractivity contribution in [3.05, 3.63) is 53.9 Å². The highest BCUT2D eigenvalue weighted by Gasteiger charge is 2.39. The minimum Gasteiger partial charge on any atom is -0.346 e. The summed E-state index contributed by atoms with van der Waals surface area (Å²) in [5, 5.41) is 0. The van der Waals surface area contributed by atoms with E-state index in [1.807, 2.05) is 0 Å². The Balaban J connectivity index is 2.34. The third kappa shape index (κ3) is 0.930. The predicted molar refractivity (Wildman–Crippen MR) is 63.7 cm³/mol. The number of rotatable bonds is 0. The maximum atomic E-state index is 4.23. The van der Waals surface area contributed by atoms with Gasteiger partial charge in [-0.2, -0.15) is 0 Å². The second-order valence-corrected chi connectivity index (χ2v) is 4.77. The van der Waals surface area contributed by atoms with E-state index in [0.29, 0.717) is 0 Å². The second-order valence-electron chi connectivity index (χ2n) is 4.77. The molecular formula is C14H15N. The van der Waals surface area contributed by atoms with Gasteiger partial charge >= 0.3 is 0 Å². The van der Waals surface area contributed by atoms with E-state index in [9.17, 15) is 0 Å². The summed E-state index contributed by atoms with van der Waals surface area (Å²) in [6.45, 7) is 11.5. The van der Waals surface area contributed by atoms with Crippen molar-refractivity contribution in [1.29, 1.82) is 0 Å². The van der Waals surface area contributed by atoms with Gasteiger partial charge in [0.05, 0.1) is 0 Å². The van der Waals surface area contributed by atoms with Crippen LogP contribution in [0.15, 0.2) is 42.6 Å². The van der Waals surface area contributed by atoms with Gasteiger partial charge in [0, 0.05) is 23.9 Å². The summed E-state index contributed by atoms with van der Waals surface area (Å²) >= 11 is 0. The molecule has 15 heavy (non-hydrogen) atoms. The van der Waals surface area contributed by atoms with Crippen LogP contribution in [-0.2, 0) is 12.0 Å². The molecule has 2 aliphatic rings. The third-order valence-electron chi connectivity index (χ3n) is 3.79. The molecule has 0 N–H and O–H groups in total. The molecule has 0 unspecified atom stereocenters. The molecule has 1 aromatic rings. The average molecular weight is 197 g/mol. The highest BCUT2D eigenvalue weighted by molar-refractivity contribution is 5.63. The van der Waals surface area contributed by atoms with Gasteiger partial charge in [0.1, 0.15) is 0 Å². The second kappa shape index (κ2) is 2.54. The average Bonchev–Trinajstić information content (AvgIpc) is 2.60. The van der Waals surface area contributed by atoms with Crippen molar-refractivity contribution in [3.8, 4) is 0 Å². The SMILES string of the molecule is C=C1Cn2ccc3c2[C@](C)(CC=C3)C1=C. The molecule has 0 saturated carbocycles. The van der Waals surface area contributed by atoms with Crippen LogP contribution in [0.3, 0.4) is 0 Å². The van der Waals surface area contributed by atoms with E-state index in [1.165, 1.54) is 22.4 Å². The molecule has 1 aromatic heterocycles. The number of hydrogen-bond acceptors (Lipinski definition) is 0. The first-order chi connectivity index (χ1) is 7.13. The van der Waals surface area contributed by atoms with Crippen molar-refractivity contribution in [3.63, 3.8) is 0 Å². The maximum absolute atomic E-state index is 4.23. The standard InChI is InChI=1S/C14H15N/c1-10-9-15-8-6-12-5-4-7-14(3,11(10)2)13(12)15/h4-6,8H,1-2,7,9H2,3H3/t14-/m1/s1. The summed E-state index contributed by atoms with van der Waals surface area (Å²) in [5.41, 5.74) is 5.21. The van der Waals surface area contributed by atoms with Crippen LogP contribution in [-0.4, -0.2) is 4.57 Å². The molecule has 3 rings (SSSR count). The van der Waals surface area contributed by atoms with Crippen molar-refractivity contribution in [2.24, 2.45) is 0 Å². The lowest BCUT2D eigenvalue weighted by Crippen LogP contribution is -2.35. The first-order valence-corrected chi connectivity index (χ1v) is 5.36. The fourth-order valence-corrected chi connectivity index (χ4v) is 2.87. The Kier molecular flexibility index (Phi) is 1.49. The number of nitrogens with zero attached hydrogens (tertiary/aromatic N) is 1.